The summed E-state index contributed by atoms with van der Waals surface area (Å²) in [5.41, 5.74) is 1.20. The van der Waals surface area contributed by atoms with Gasteiger partial charge in [0.1, 0.15) is 10.6 Å². The molecule has 0 radical (unpaired) electrons. The first-order valence-electron chi connectivity index (χ1n) is 11.6. The van der Waals surface area contributed by atoms with Crippen molar-refractivity contribution < 1.29 is 13.9 Å². The molecule has 4 heterocycles. The van der Waals surface area contributed by atoms with Crippen LogP contribution >= 0.6 is 23.1 Å². The van der Waals surface area contributed by atoms with Crippen LogP contribution in [0.1, 0.15) is 49.3 Å². The van der Waals surface area contributed by atoms with Crippen LogP contribution in [0.2, 0.25) is 0 Å². The van der Waals surface area contributed by atoms with Gasteiger partial charge in [-0.25, -0.2) is 4.98 Å². The summed E-state index contributed by atoms with van der Waals surface area (Å²) in [4.78, 5) is 33.5. The first-order chi connectivity index (χ1) is 16.0. The molecule has 3 atom stereocenters. The van der Waals surface area contributed by atoms with Crippen LogP contribution < -0.4 is 10.9 Å². The molecule has 3 unspecified atom stereocenters. The minimum absolute atomic E-state index is 0.00764. The Morgan fingerprint density at radius 1 is 1.42 bits per heavy atom. The van der Waals surface area contributed by atoms with E-state index in [1.54, 1.807) is 28.2 Å². The van der Waals surface area contributed by atoms with Crippen LogP contribution in [0, 0.1) is 5.92 Å². The van der Waals surface area contributed by atoms with Gasteiger partial charge in [-0.2, -0.15) is 0 Å². The van der Waals surface area contributed by atoms with Crippen LogP contribution in [0.5, 0.6) is 0 Å². The Labute approximate surface area is 200 Å². The van der Waals surface area contributed by atoms with E-state index in [9.17, 15) is 9.59 Å². The van der Waals surface area contributed by atoms with Crippen LogP contribution in [0.15, 0.2) is 32.8 Å². The van der Waals surface area contributed by atoms with Crippen molar-refractivity contribution in [1.29, 1.82) is 0 Å². The highest BCUT2D eigenvalue weighted by Crippen LogP contribution is 2.37. The number of thioether (sulfide) groups is 1. The summed E-state index contributed by atoms with van der Waals surface area (Å²) >= 11 is 2.98. The minimum Gasteiger partial charge on any atom is -0.467 e. The SMILES string of the molecule is CC1CCc2c(sc3nc(SC(C)C(=O)NCc4ccco4)n(CC4CCCO4)c(=O)c23)C1. The molecule has 9 heteroatoms. The summed E-state index contributed by atoms with van der Waals surface area (Å²) in [6.45, 7) is 5.65. The number of ether oxygens (including phenoxy) is 1. The second-order valence-electron chi connectivity index (χ2n) is 9.03. The zero-order valence-corrected chi connectivity index (χ0v) is 20.6. The maximum atomic E-state index is 13.7. The van der Waals surface area contributed by atoms with Gasteiger partial charge in [0.15, 0.2) is 5.16 Å². The highest BCUT2D eigenvalue weighted by atomic mass is 32.2. The van der Waals surface area contributed by atoms with Gasteiger partial charge in [-0.3, -0.25) is 14.2 Å². The molecule has 1 aliphatic heterocycles. The predicted octanol–water partition coefficient (Wildman–Crippen LogP) is 4.15. The molecule has 5 rings (SSSR count). The number of furan rings is 1. The minimum atomic E-state index is -0.408. The normalized spacial score (nSPS) is 21.3. The third kappa shape index (κ3) is 4.76. The van der Waals surface area contributed by atoms with E-state index in [0.717, 1.165) is 48.9 Å². The molecule has 3 aromatic rings. The largest absolute Gasteiger partial charge is 0.467 e. The molecule has 1 fully saturated rings. The molecule has 7 nitrogen and oxygen atoms in total. The molecule has 1 amide bonds. The second-order valence-corrected chi connectivity index (χ2v) is 11.4. The van der Waals surface area contributed by atoms with E-state index in [0.29, 0.717) is 29.9 Å². The third-order valence-electron chi connectivity index (χ3n) is 6.46. The van der Waals surface area contributed by atoms with Crippen molar-refractivity contribution >= 4 is 39.2 Å². The number of hydrogen-bond acceptors (Lipinski definition) is 7. The van der Waals surface area contributed by atoms with Gasteiger partial charge in [0, 0.05) is 11.5 Å². The number of rotatable bonds is 7. The Bertz CT molecular complexity index is 1190. The molecule has 1 N–H and O–H groups in total. The van der Waals surface area contributed by atoms with Crippen LogP contribution in [-0.2, 0) is 35.5 Å². The van der Waals surface area contributed by atoms with E-state index < -0.39 is 5.25 Å². The maximum absolute atomic E-state index is 13.7. The summed E-state index contributed by atoms with van der Waals surface area (Å²) in [5.74, 6) is 1.22. The smallest absolute Gasteiger partial charge is 0.263 e. The summed E-state index contributed by atoms with van der Waals surface area (Å²) in [6, 6.07) is 3.62. The number of thiophene rings is 1. The van der Waals surface area contributed by atoms with E-state index in [2.05, 4.69) is 12.2 Å². The van der Waals surface area contributed by atoms with Crippen LogP contribution in [-0.4, -0.2) is 33.4 Å². The molecule has 2 aliphatic rings. The first kappa shape index (κ1) is 22.7. The standard InChI is InChI=1S/C24H29N3O4S2/c1-14-7-8-18-19(11-14)33-22-20(18)23(29)27(13-17-6-4-10-31-17)24(26-22)32-15(2)21(28)25-12-16-5-3-9-30-16/h3,5,9,14-15,17H,4,6-8,10-13H2,1-2H3,(H,25,28). The van der Waals surface area contributed by atoms with Gasteiger partial charge in [0.05, 0.1) is 36.1 Å². The van der Waals surface area contributed by atoms with Crippen molar-refractivity contribution in [3.8, 4) is 0 Å². The highest BCUT2D eigenvalue weighted by Gasteiger charge is 2.27. The molecule has 33 heavy (non-hydrogen) atoms. The molecule has 0 saturated carbocycles. The van der Waals surface area contributed by atoms with Crippen LogP contribution in [0.4, 0.5) is 0 Å². The Kier molecular flexibility index (Phi) is 6.62. The lowest BCUT2D eigenvalue weighted by Gasteiger charge is -2.19. The van der Waals surface area contributed by atoms with Gasteiger partial charge < -0.3 is 14.5 Å². The molecule has 3 aromatic heterocycles. The highest BCUT2D eigenvalue weighted by molar-refractivity contribution is 8.00. The topological polar surface area (TPSA) is 86.4 Å². The van der Waals surface area contributed by atoms with Crippen molar-refractivity contribution in [3.05, 3.63) is 45.0 Å². The van der Waals surface area contributed by atoms with E-state index in [1.165, 1.54) is 22.2 Å². The fraction of sp³-hybridized carbons (Fsp3) is 0.542. The monoisotopic (exact) mass is 487 g/mol. The van der Waals surface area contributed by atoms with Crippen molar-refractivity contribution in [1.82, 2.24) is 14.9 Å². The summed E-state index contributed by atoms with van der Waals surface area (Å²) in [7, 11) is 0. The zero-order chi connectivity index (χ0) is 22.9. The molecular formula is C24H29N3O4S2. The number of hydrogen-bond donors (Lipinski definition) is 1. The second kappa shape index (κ2) is 9.64. The predicted molar refractivity (Wildman–Crippen MR) is 130 cm³/mol. The number of nitrogens with one attached hydrogen (secondary N) is 1. The molecule has 0 bridgehead atoms. The average Bonchev–Trinajstić information content (AvgIpc) is 3.55. The molecular weight excluding hydrogens is 458 g/mol. The van der Waals surface area contributed by atoms with E-state index >= 15 is 0 Å². The fourth-order valence-corrected chi connectivity index (χ4v) is 6.96. The number of fused-ring (bicyclic) bond motifs is 3. The molecule has 1 saturated heterocycles. The van der Waals surface area contributed by atoms with Gasteiger partial charge >= 0.3 is 0 Å². The Morgan fingerprint density at radius 2 is 2.30 bits per heavy atom. The van der Waals surface area contributed by atoms with Gasteiger partial charge in [0.25, 0.3) is 5.56 Å². The number of aryl methyl sites for hydroxylation is 1. The number of aromatic nitrogens is 2. The van der Waals surface area contributed by atoms with E-state index in [4.69, 9.17) is 14.1 Å². The van der Waals surface area contributed by atoms with Crippen LogP contribution in [0.3, 0.4) is 0 Å². The maximum Gasteiger partial charge on any atom is 0.263 e. The molecule has 0 aromatic carbocycles. The van der Waals surface area contributed by atoms with Crippen molar-refractivity contribution in [2.24, 2.45) is 5.92 Å². The van der Waals surface area contributed by atoms with Crippen LogP contribution in [0.25, 0.3) is 10.2 Å². The van der Waals surface area contributed by atoms with Crippen molar-refractivity contribution in [3.63, 3.8) is 0 Å². The number of amides is 1. The lowest BCUT2D eigenvalue weighted by atomic mass is 9.89. The molecule has 1 aliphatic carbocycles. The molecule has 0 spiro atoms. The Hall–Kier alpha value is -2.10. The first-order valence-corrected chi connectivity index (χ1v) is 13.3. The lowest BCUT2D eigenvalue weighted by molar-refractivity contribution is -0.120. The Balaban J connectivity index is 1.45. The average molecular weight is 488 g/mol. The quantitative estimate of drug-likeness (QED) is 0.398. The number of carbonyl (C=O) groups is 1. The van der Waals surface area contributed by atoms with Crippen molar-refractivity contribution in [2.75, 3.05) is 6.61 Å². The Morgan fingerprint density at radius 3 is 3.06 bits per heavy atom. The van der Waals surface area contributed by atoms with Gasteiger partial charge in [-0.05, 0) is 62.6 Å². The van der Waals surface area contributed by atoms with Gasteiger partial charge in [-0.15, -0.1) is 11.3 Å². The summed E-state index contributed by atoms with van der Waals surface area (Å²) in [5, 5.41) is 3.87. The van der Waals surface area contributed by atoms with E-state index in [1.807, 2.05) is 13.0 Å². The van der Waals surface area contributed by atoms with E-state index in [-0.39, 0.29) is 17.6 Å². The van der Waals surface area contributed by atoms with Gasteiger partial charge in [-0.1, -0.05) is 18.7 Å². The summed E-state index contributed by atoms with van der Waals surface area (Å²) in [6.07, 6.45) is 6.60. The van der Waals surface area contributed by atoms with Crippen molar-refractivity contribution in [2.45, 2.75) is 75.6 Å². The lowest BCUT2D eigenvalue weighted by Crippen LogP contribution is -2.33. The number of nitrogens with zero attached hydrogens (tertiary/aromatic N) is 2. The summed E-state index contributed by atoms with van der Waals surface area (Å²) < 4.78 is 12.9. The number of carbonyl (C=O) groups excluding carboxylic acids is 1. The fourth-order valence-electron chi connectivity index (χ4n) is 4.59. The molecule has 176 valence electrons. The zero-order valence-electron chi connectivity index (χ0n) is 19.0. The third-order valence-corrected chi connectivity index (χ3v) is 8.70. The van der Waals surface area contributed by atoms with Gasteiger partial charge in [0.2, 0.25) is 5.91 Å².